The molecule has 6 nitrogen and oxygen atoms in total. The van der Waals surface area contributed by atoms with E-state index in [2.05, 4.69) is 10.1 Å². The fourth-order valence-electron chi connectivity index (χ4n) is 3.01. The second-order valence-electron chi connectivity index (χ2n) is 6.42. The maximum atomic E-state index is 12.6. The number of hydrogen-bond donors (Lipinski definition) is 0. The zero-order valence-corrected chi connectivity index (χ0v) is 15.2. The fourth-order valence-corrected chi connectivity index (χ4v) is 4.52. The van der Waals surface area contributed by atoms with Gasteiger partial charge in [-0.1, -0.05) is 22.9 Å². The van der Waals surface area contributed by atoms with E-state index in [4.69, 9.17) is 4.52 Å². The quantitative estimate of drug-likeness (QED) is 0.703. The molecule has 0 saturated carbocycles. The van der Waals surface area contributed by atoms with Crippen LogP contribution < -0.4 is 0 Å². The van der Waals surface area contributed by atoms with E-state index < -0.39 is 10.0 Å². The molecule has 1 saturated heterocycles. The van der Waals surface area contributed by atoms with Crippen LogP contribution >= 0.6 is 0 Å². The Kier molecular flexibility index (Phi) is 4.34. The van der Waals surface area contributed by atoms with Gasteiger partial charge in [-0.3, -0.25) is 0 Å². The highest BCUT2D eigenvalue weighted by atomic mass is 32.2. The minimum atomic E-state index is -3.41. The number of aryl methyl sites for hydroxylation is 1. The predicted octanol–water partition coefficient (Wildman–Crippen LogP) is 3.50. The Morgan fingerprint density at radius 2 is 1.54 bits per heavy atom. The molecular formula is C19H19N3O3S. The highest BCUT2D eigenvalue weighted by molar-refractivity contribution is 7.89. The van der Waals surface area contributed by atoms with Crippen LogP contribution in [0.25, 0.3) is 22.8 Å². The van der Waals surface area contributed by atoms with Gasteiger partial charge in [-0.15, -0.1) is 0 Å². The van der Waals surface area contributed by atoms with Gasteiger partial charge in [0.25, 0.3) is 5.89 Å². The van der Waals surface area contributed by atoms with Gasteiger partial charge in [-0.2, -0.15) is 9.29 Å². The summed E-state index contributed by atoms with van der Waals surface area (Å²) >= 11 is 0. The van der Waals surface area contributed by atoms with E-state index in [1.165, 1.54) is 4.31 Å². The number of hydrogen-bond acceptors (Lipinski definition) is 5. The van der Waals surface area contributed by atoms with Crippen molar-refractivity contribution in [3.63, 3.8) is 0 Å². The van der Waals surface area contributed by atoms with Crippen LogP contribution in [0, 0.1) is 6.92 Å². The van der Waals surface area contributed by atoms with Crippen LogP contribution in [0.5, 0.6) is 0 Å². The minimum absolute atomic E-state index is 0.297. The molecule has 7 heteroatoms. The van der Waals surface area contributed by atoms with E-state index in [0.717, 1.165) is 24.0 Å². The Balaban J connectivity index is 1.58. The predicted molar refractivity (Wildman–Crippen MR) is 97.9 cm³/mol. The van der Waals surface area contributed by atoms with Crippen LogP contribution in [0.1, 0.15) is 18.4 Å². The van der Waals surface area contributed by atoms with Crippen LogP contribution in [0.15, 0.2) is 57.9 Å². The third kappa shape index (κ3) is 3.15. The Morgan fingerprint density at radius 3 is 2.19 bits per heavy atom. The lowest BCUT2D eigenvalue weighted by Crippen LogP contribution is -2.27. The largest absolute Gasteiger partial charge is 0.334 e. The molecule has 2 aromatic carbocycles. The summed E-state index contributed by atoms with van der Waals surface area (Å²) in [6, 6.07) is 14.5. The van der Waals surface area contributed by atoms with Gasteiger partial charge in [-0.05, 0) is 56.2 Å². The van der Waals surface area contributed by atoms with E-state index in [1.807, 2.05) is 31.2 Å². The molecule has 1 aliphatic heterocycles. The molecule has 2 heterocycles. The lowest BCUT2D eigenvalue weighted by molar-refractivity contribution is 0.432. The van der Waals surface area contributed by atoms with E-state index in [9.17, 15) is 8.42 Å². The number of rotatable bonds is 4. The van der Waals surface area contributed by atoms with Gasteiger partial charge >= 0.3 is 0 Å². The summed E-state index contributed by atoms with van der Waals surface area (Å²) in [5.74, 6) is 0.875. The highest BCUT2D eigenvalue weighted by Gasteiger charge is 2.27. The van der Waals surface area contributed by atoms with Crippen molar-refractivity contribution >= 4 is 10.0 Å². The molecule has 1 fully saturated rings. The third-order valence-electron chi connectivity index (χ3n) is 4.54. The second kappa shape index (κ2) is 6.66. The summed E-state index contributed by atoms with van der Waals surface area (Å²) in [5.41, 5.74) is 2.72. The van der Waals surface area contributed by atoms with Crippen molar-refractivity contribution < 1.29 is 12.9 Å². The van der Waals surface area contributed by atoms with Gasteiger partial charge in [0.1, 0.15) is 0 Å². The molecule has 0 aliphatic carbocycles. The van der Waals surface area contributed by atoms with Gasteiger partial charge in [-0.25, -0.2) is 8.42 Å². The zero-order valence-electron chi connectivity index (χ0n) is 14.4. The summed E-state index contributed by atoms with van der Waals surface area (Å²) in [7, 11) is -3.41. The van der Waals surface area contributed by atoms with E-state index >= 15 is 0 Å². The third-order valence-corrected chi connectivity index (χ3v) is 6.45. The smallest absolute Gasteiger partial charge is 0.258 e. The average molecular weight is 369 g/mol. The van der Waals surface area contributed by atoms with Crippen LogP contribution in [0.2, 0.25) is 0 Å². The number of benzene rings is 2. The first-order valence-corrected chi connectivity index (χ1v) is 9.99. The maximum Gasteiger partial charge on any atom is 0.258 e. The first-order chi connectivity index (χ1) is 12.5. The molecule has 134 valence electrons. The normalized spacial score (nSPS) is 15.4. The van der Waals surface area contributed by atoms with Crippen LogP contribution in [0.4, 0.5) is 0 Å². The summed E-state index contributed by atoms with van der Waals surface area (Å²) < 4.78 is 32.0. The molecule has 0 radical (unpaired) electrons. The molecule has 0 spiro atoms. The molecule has 0 bridgehead atoms. The van der Waals surface area contributed by atoms with Crippen molar-refractivity contribution in [1.29, 1.82) is 0 Å². The fraction of sp³-hybridized carbons (Fsp3) is 0.263. The molecule has 0 N–H and O–H groups in total. The first kappa shape index (κ1) is 16.9. The lowest BCUT2D eigenvalue weighted by atomic mass is 10.1. The van der Waals surface area contributed by atoms with Gasteiger partial charge in [0.15, 0.2) is 0 Å². The van der Waals surface area contributed by atoms with Crippen molar-refractivity contribution in [2.75, 3.05) is 13.1 Å². The second-order valence-corrected chi connectivity index (χ2v) is 8.36. The highest BCUT2D eigenvalue weighted by Crippen LogP contribution is 2.25. The number of aromatic nitrogens is 2. The molecule has 26 heavy (non-hydrogen) atoms. The Hall–Kier alpha value is -2.51. The SMILES string of the molecule is Cc1ccc(-c2nc(-c3ccc(S(=O)(=O)N4CCCC4)cc3)no2)cc1. The van der Waals surface area contributed by atoms with Crippen molar-refractivity contribution in [1.82, 2.24) is 14.4 Å². The molecule has 1 aromatic heterocycles. The standard InChI is InChI=1S/C19H19N3O3S/c1-14-4-6-16(7-5-14)19-20-18(21-25-19)15-8-10-17(11-9-15)26(23,24)22-12-2-3-13-22/h4-11H,2-3,12-13H2,1H3. The summed E-state index contributed by atoms with van der Waals surface area (Å²) in [6.07, 6.45) is 1.84. The topological polar surface area (TPSA) is 76.3 Å². The van der Waals surface area contributed by atoms with Gasteiger partial charge in [0, 0.05) is 24.2 Å². The molecular weight excluding hydrogens is 350 g/mol. The van der Waals surface area contributed by atoms with Crippen LogP contribution in [0.3, 0.4) is 0 Å². The zero-order chi connectivity index (χ0) is 18.1. The van der Waals surface area contributed by atoms with Gasteiger partial charge in [0.05, 0.1) is 4.90 Å². The molecule has 0 atom stereocenters. The monoisotopic (exact) mass is 369 g/mol. The summed E-state index contributed by atoms with van der Waals surface area (Å²) in [4.78, 5) is 4.71. The van der Waals surface area contributed by atoms with Crippen molar-refractivity contribution in [2.45, 2.75) is 24.7 Å². The van der Waals surface area contributed by atoms with Crippen molar-refractivity contribution in [3.8, 4) is 22.8 Å². The van der Waals surface area contributed by atoms with E-state index in [0.29, 0.717) is 35.3 Å². The lowest BCUT2D eigenvalue weighted by Gasteiger charge is -2.15. The van der Waals surface area contributed by atoms with Gasteiger partial charge in [0.2, 0.25) is 15.8 Å². The molecule has 4 rings (SSSR count). The molecule has 0 unspecified atom stereocenters. The van der Waals surface area contributed by atoms with E-state index in [-0.39, 0.29) is 0 Å². The number of nitrogens with zero attached hydrogens (tertiary/aromatic N) is 3. The summed E-state index contributed by atoms with van der Waals surface area (Å²) in [6.45, 7) is 3.20. The van der Waals surface area contributed by atoms with Gasteiger partial charge < -0.3 is 4.52 Å². The Bertz CT molecular complexity index is 1000. The Labute approximate surface area is 152 Å². The average Bonchev–Trinajstić information content (AvgIpc) is 3.35. The van der Waals surface area contributed by atoms with E-state index in [1.54, 1.807) is 24.3 Å². The first-order valence-electron chi connectivity index (χ1n) is 8.55. The van der Waals surface area contributed by atoms with Crippen molar-refractivity contribution in [2.24, 2.45) is 0 Å². The van der Waals surface area contributed by atoms with Crippen molar-refractivity contribution in [3.05, 3.63) is 54.1 Å². The number of sulfonamides is 1. The van der Waals surface area contributed by atoms with Crippen LogP contribution in [-0.2, 0) is 10.0 Å². The summed E-state index contributed by atoms with van der Waals surface area (Å²) in [5, 5.41) is 4.01. The minimum Gasteiger partial charge on any atom is -0.334 e. The van der Waals surface area contributed by atoms with Crippen LogP contribution in [-0.4, -0.2) is 36.0 Å². The molecule has 0 amide bonds. The maximum absolute atomic E-state index is 12.6. The molecule has 3 aromatic rings. The Morgan fingerprint density at radius 1 is 0.923 bits per heavy atom. The molecule has 1 aliphatic rings.